The fraction of sp³-hybridized carbons (Fsp3) is 0.571. The third-order valence-corrected chi connectivity index (χ3v) is 5.87. The van der Waals surface area contributed by atoms with Crippen LogP contribution in [-0.4, -0.2) is 32.5 Å². The second kappa shape index (κ2) is 7.33. The fourth-order valence-corrected chi connectivity index (χ4v) is 4.61. The molecule has 112 valence electrons. The molecule has 1 heterocycles. The standard InChI is InChI=1S/C14H22N2O2S2/c1-2-9-15-20(17,18)14-6-4-3-5-13(14)16-12-7-10-19-11-8-12/h3-6,12,15-16H,2,7-11H2,1H3. The Morgan fingerprint density at radius 2 is 1.95 bits per heavy atom. The van der Waals surface area contributed by atoms with Gasteiger partial charge >= 0.3 is 0 Å². The van der Waals surface area contributed by atoms with Crippen LogP contribution in [0.25, 0.3) is 0 Å². The summed E-state index contributed by atoms with van der Waals surface area (Å²) in [6.45, 7) is 2.42. The second-order valence-electron chi connectivity index (χ2n) is 4.92. The van der Waals surface area contributed by atoms with E-state index in [1.807, 2.05) is 30.8 Å². The highest BCUT2D eigenvalue weighted by atomic mass is 32.2. The lowest BCUT2D eigenvalue weighted by molar-refractivity contribution is 0.580. The number of para-hydroxylation sites is 1. The Morgan fingerprint density at radius 1 is 1.25 bits per heavy atom. The molecule has 1 aromatic carbocycles. The highest BCUT2D eigenvalue weighted by Crippen LogP contribution is 2.25. The Labute approximate surface area is 125 Å². The summed E-state index contributed by atoms with van der Waals surface area (Å²) in [5.41, 5.74) is 0.716. The van der Waals surface area contributed by atoms with Gasteiger partial charge in [0.2, 0.25) is 10.0 Å². The molecule has 2 rings (SSSR count). The smallest absolute Gasteiger partial charge is 0.242 e. The van der Waals surface area contributed by atoms with Crippen molar-refractivity contribution in [3.05, 3.63) is 24.3 Å². The largest absolute Gasteiger partial charge is 0.381 e. The minimum absolute atomic E-state index is 0.353. The molecule has 20 heavy (non-hydrogen) atoms. The first kappa shape index (κ1) is 15.7. The van der Waals surface area contributed by atoms with Gasteiger partial charge in [-0.3, -0.25) is 0 Å². The topological polar surface area (TPSA) is 58.2 Å². The summed E-state index contributed by atoms with van der Waals surface area (Å²) < 4.78 is 27.2. The molecule has 4 nitrogen and oxygen atoms in total. The summed E-state index contributed by atoms with van der Waals surface area (Å²) in [4.78, 5) is 0.353. The van der Waals surface area contributed by atoms with E-state index >= 15 is 0 Å². The van der Waals surface area contributed by atoms with Crippen LogP contribution in [0.2, 0.25) is 0 Å². The molecule has 1 aliphatic rings. The summed E-state index contributed by atoms with van der Waals surface area (Å²) in [6, 6.07) is 7.53. The van der Waals surface area contributed by atoms with Gasteiger partial charge in [-0.15, -0.1) is 0 Å². The molecule has 6 heteroatoms. The first-order valence-corrected chi connectivity index (χ1v) is 9.70. The van der Waals surface area contributed by atoms with Crippen LogP contribution in [0.15, 0.2) is 29.2 Å². The molecular formula is C14H22N2O2S2. The van der Waals surface area contributed by atoms with E-state index in [9.17, 15) is 8.42 Å². The first-order valence-electron chi connectivity index (χ1n) is 7.06. The summed E-state index contributed by atoms with van der Waals surface area (Å²) in [5.74, 6) is 2.28. The Kier molecular flexibility index (Phi) is 5.74. The summed E-state index contributed by atoms with van der Waals surface area (Å²) in [6.07, 6.45) is 2.96. The molecule has 0 bridgehead atoms. The first-order chi connectivity index (χ1) is 9.63. The van der Waals surface area contributed by atoms with E-state index in [-0.39, 0.29) is 0 Å². The fourth-order valence-electron chi connectivity index (χ4n) is 2.20. The van der Waals surface area contributed by atoms with E-state index in [0.29, 0.717) is 23.2 Å². The Morgan fingerprint density at radius 3 is 2.65 bits per heavy atom. The molecule has 0 saturated carbocycles. The summed E-state index contributed by atoms with van der Waals surface area (Å²) in [7, 11) is -3.42. The van der Waals surface area contributed by atoms with Crippen LogP contribution in [0.3, 0.4) is 0 Å². The van der Waals surface area contributed by atoms with E-state index in [1.54, 1.807) is 12.1 Å². The number of nitrogens with one attached hydrogen (secondary N) is 2. The van der Waals surface area contributed by atoms with Crippen molar-refractivity contribution in [2.75, 3.05) is 23.4 Å². The maximum Gasteiger partial charge on any atom is 0.242 e. The molecular weight excluding hydrogens is 292 g/mol. The summed E-state index contributed by atoms with van der Waals surface area (Å²) >= 11 is 1.96. The molecule has 0 atom stereocenters. The normalized spacial score (nSPS) is 17.1. The molecule has 0 radical (unpaired) electrons. The van der Waals surface area contributed by atoms with Crippen LogP contribution in [-0.2, 0) is 10.0 Å². The van der Waals surface area contributed by atoms with Gasteiger partial charge in [0.1, 0.15) is 4.90 Å². The minimum atomic E-state index is -3.42. The molecule has 1 saturated heterocycles. The molecule has 0 unspecified atom stereocenters. The Hall–Kier alpha value is -0.720. The third-order valence-electron chi connectivity index (χ3n) is 3.30. The van der Waals surface area contributed by atoms with Crippen molar-refractivity contribution < 1.29 is 8.42 Å². The zero-order valence-electron chi connectivity index (χ0n) is 11.8. The van der Waals surface area contributed by atoms with Crippen LogP contribution in [0.1, 0.15) is 26.2 Å². The van der Waals surface area contributed by atoms with Crippen LogP contribution in [0, 0.1) is 0 Å². The van der Waals surface area contributed by atoms with Gasteiger partial charge in [0.05, 0.1) is 5.69 Å². The van der Waals surface area contributed by atoms with Gasteiger partial charge in [-0.2, -0.15) is 11.8 Å². The lowest BCUT2D eigenvalue weighted by Crippen LogP contribution is -2.28. The van der Waals surface area contributed by atoms with E-state index in [4.69, 9.17) is 0 Å². The van der Waals surface area contributed by atoms with E-state index < -0.39 is 10.0 Å². The summed E-state index contributed by atoms with van der Waals surface area (Å²) in [5, 5.41) is 3.40. The number of rotatable bonds is 6. The molecule has 0 aliphatic carbocycles. The quantitative estimate of drug-likeness (QED) is 0.847. The third kappa shape index (κ3) is 4.14. The van der Waals surface area contributed by atoms with Gasteiger partial charge in [-0.1, -0.05) is 19.1 Å². The van der Waals surface area contributed by atoms with Crippen LogP contribution in [0.4, 0.5) is 5.69 Å². The molecule has 0 amide bonds. The highest BCUT2D eigenvalue weighted by molar-refractivity contribution is 7.99. The molecule has 1 aromatic rings. The van der Waals surface area contributed by atoms with Crippen LogP contribution < -0.4 is 10.0 Å². The zero-order valence-corrected chi connectivity index (χ0v) is 13.4. The SMILES string of the molecule is CCCNS(=O)(=O)c1ccccc1NC1CCSCC1. The molecule has 1 fully saturated rings. The van der Waals surface area contributed by atoms with Crippen molar-refractivity contribution >= 4 is 27.5 Å². The number of benzene rings is 1. The zero-order chi connectivity index (χ0) is 14.4. The van der Waals surface area contributed by atoms with Gasteiger partial charge in [0, 0.05) is 12.6 Å². The number of hydrogen-bond acceptors (Lipinski definition) is 4. The monoisotopic (exact) mass is 314 g/mol. The van der Waals surface area contributed by atoms with Crippen LogP contribution >= 0.6 is 11.8 Å². The molecule has 0 spiro atoms. The average Bonchev–Trinajstić information content (AvgIpc) is 2.47. The average molecular weight is 314 g/mol. The van der Waals surface area contributed by atoms with Crippen molar-refractivity contribution in [1.29, 1.82) is 0 Å². The van der Waals surface area contributed by atoms with E-state index in [1.165, 1.54) is 0 Å². The maximum atomic E-state index is 12.3. The predicted molar refractivity (Wildman–Crippen MR) is 85.9 cm³/mol. The van der Waals surface area contributed by atoms with Gasteiger partial charge in [-0.25, -0.2) is 13.1 Å². The van der Waals surface area contributed by atoms with Crippen molar-refractivity contribution in [2.45, 2.75) is 37.1 Å². The van der Waals surface area contributed by atoms with E-state index in [0.717, 1.165) is 30.8 Å². The molecule has 1 aliphatic heterocycles. The van der Waals surface area contributed by atoms with Crippen LogP contribution in [0.5, 0.6) is 0 Å². The van der Waals surface area contributed by atoms with Gasteiger partial charge in [-0.05, 0) is 42.9 Å². The predicted octanol–water partition coefficient (Wildman–Crippen LogP) is 2.68. The van der Waals surface area contributed by atoms with Crippen molar-refractivity contribution in [2.24, 2.45) is 0 Å². The van der Waals surface area contributed by atoms with Gasteiger partial charge in [0.15, 0.2) is 0 Å². The van der Waals surface area contributed by atoms with Gasteiger partial charge in [0.25, 0.3) is 0 Å². The minimum Gasteiger partial charge on any atom is -0.381 e. The van der Waals surface area contributed by atoms with Crippen molar-refractivity contribution in [3.63, 3.8) is 0 Å². The van der Waals surface area contributed by atoms with E-state index in [2.05, 4.69) is 10.0 Å². The number of sulfonamides is 1. The second-order valence-corrected chi connectivity index (χ2v) is 7.89. The highest BCUT2D eigenvalue weighted by Gasteiger charge is 2.20. The maximum absolute atomic E-state index is 12.3. The Balaban J connectivity index is 2.17. The Bertz CT molecular complexity index is 526. The van der Waals surface area contributed by atoms with Crippen molar-refractivity contribution in [3.8, 4) is 0 Å². The lowest BCUT2D eigenvalue weighted by Gasteiger charge is -2.24. The van der Waals surface area contributed by atoms with Gasteiger partial charge < -0.3 is 5.32 Å². The molecule has 0 aromatic heterocycles. The lowest BCUT2D eigenvalue weighted by atomic mass is 10.1. The molecule has 2 N–H and O–H groups in total. The number of thioether (sulfide) groups is 1. The number of anilines is 1. The van der Waals surface area contributed by atoms with Crippen molar-refractivity contribution in [1.82, 2.24) is 4.72 Å². The number of hydrogen-bond donors (Lipinski definition) is 2.